The van der Waals surface area contributed by atoms with E-state index >= 15 is 0 Å². The van der Waals surface area contributed by atoms with Gasteiger partial charge in [0.25, 0.3) is 0 Å². The quantitative estimate of drug-likeness (QED) is 0.663. The van der Waals surface area contributed by atoms with E-state index in [1.165, 1.54) is 6.08 Å². The maximum absolute atomic E-state index is 11.2. The highest BCUT2D eigenvalue weighted by Crippen LogP contribution is 2.18. The number of hydrogen-bond donors (Lipinski definition) is 1. The van der Waals surface area contributed by atoms with Crippen LogP contribution in [0.2, 0.25) is 0 Å². The zero-order valence-electron chi connectivity index (χ0n) is 11.9. The third kappa shape index (κ3) is 7.97. The van der Waals surface area contributed by atoms with Crippen LogP contribution in [0, 0.1) is 0 Å². The van der Waals surface area contributed by atoms with E-state index in [0.717, 1.165) is 19.3 Å². The number of carbonyl (C=O) groups is 1. The Labute approximate surface area is 106 Å². The molecule has 0 aromatic carbocycles. The van der Waals surface area contributed by atoms with Gasteiger partial charge in [-0.05, 0) is 46.6 Å². The monoisotopic (exact) mass is 241 g/mol. The van der Waals surface area contributed by atoms with Crippen LogP contribution < -0.4 is 5.32 Å². The minimum Gasteiger partial charge on any atom is -0.375 e. The third-order valence-electron chi connectivity index (χ3n) is 2.72. The molecule has 1 N–H and O–H groups in total. The molecule has 0 bridgehead atoms. The zero-order chi connectivity index (χ0) is 13.5. The first-order chi connectivity index (χ1) is 7.72. The van der Waals surface area contributed by atoms with Crippen LogP contribution in [0.1, 0.15) is 53.9 Å². The summed E-state index contributed by atoms with van der Waals surface area (Å²) in [6, 6.07) is 0. The lowest BCUT2D eigenvalue weighted by molar-refractivity contribution is -0.118. The molecule has 3 heteroatoms. The minimum atomic E-state index is -0.256. The van der Waals surface area contributed by atoms with Crippen LogP contribution in [-0.4, -0.2) is 23.7 Å². The molecule has 0 aromatic rings. The van der Waals surface area contributed by atoms with Gasteiger partial charge in [0.2, 0.25) is 5.91 Å². The molecule has 1 amide bonds. The molecule has 17 heavy (non-hydrogen) atoms. The number of carbonyl (C=O) groups excluding carboxylic acids is 1. The second kappa shape index (κ2) is 6.80. The Morgan fingerprint density at radius 1 is 1.29 bits per heavy atom. The molecule has 0 aliphatic heterocycles. The molecule has 0 unspecified atom stereocenters. The van der Waals surface area contributed by atoms with E-state index < -0.39 is 0 Å². The predicted molar refractivity (Wildman–Crippen MR) is 72.0 cm³/mol. The fourth-order valence-corrected chi connectivity index (χ4v) is 1.70. The van der Waals surface area contributed by atoms with Crippen molar-refractivity contribution in [3.63, 3.8) is 0 Å². The average molecular weight is 241 g/mol. The van der Waals surface area contributed by atoms with E-state index in [9.17, 15) is 4.79 Å². The summed E-state index contributed by atoms with van der Waals surface area (Å²) in [4.78, 5) is 11.2. The van der Waals surface area contributed by atoms with Crippen molar-refractivity contribution in [3.05, 3.63) is 12.7 Å². The van der Waals surface area contributed by atoms with Crippen molar-refractivity contribution in [2.75, 3.05) is 6.61 Å². The van der Waals surface area contributed by atoms with Gasteiger partial charge in [-0.3, -0.25) is 4.79 Å². The highest BCUT2D eigenvalue weighted by atomic mass is 16.5. The Kier molecular flexibility index (Phi) is 6.46. The fraction of sp³-hybridized carbons (Fsp3) is 0.786. The van der Waals surface area contributed by atoms with Crippen molar-refractivity contribution in [1.82, 2.24) is 5.32 Å². The van der Waals surface area contributed by atoms with Crippen LogP contribution in [0.25, 0.3) is 0 Å². The van der Waals surface area contributed by atoms with Gasteiger partial charge in [-0.25, -0.2) is 0 Å². The number of rotatable bonds is 8. The molecule has 0 fully saturated rings. The van der Waals surface area contributed by atoms with Gasteiger partial charge < -0.3 is 10.1 Å². The van der Waals surface area contributed by atoms with E-state index in [0.29, 0.717) is 6.61 Å². The average Bonchev–Trinajstić information content (AvgIpc) is 2.15. The SMILES string of the molecule is C=CC(=O)NC(C)(C)CCOC(C)(C)CCC. The Morgan fingerprint density at radius 3 is 2.35 bits per heavy atom. The molecule has 0 aliphatic carbocycles. The molecule has 0 atom stereocenters. The van der Waals surface area contributed by atoms with Gasteiger partial charge in [0, 0.05) is 12.1 Å². The Bertz CT molecular complexity index is 257. The molecule has 0 saturated carbocycles. The van der Waals surface area contributed by atoms with E-state index in [1.807, 2.05) is 13.8 Å². The third-order valence-corrected chi connectivity index (χ3v) is 2.72. The van der Waals surface area contributed by atoms with Gasteiger partial charge in [-0.2, -0.15) is 0 Å². The smallest absolute Gasteiger partial charge is 0.243 e. The van der Waals surface area contributed by atoms with Crippen LogP contribution in [0.3, 0.4) is 0 Å². The van der Waals surface area contributed by atoms with Gasteiger partial charge in [-0.15, -0.1) is 0 Å². The summed E-state index contributed by atoms with van der Waals surface area (Å²) >= 11 is 0. The Morgan fingerprint density at radius 2 is 1.88 bits per heavy atom. The first kappa shape index (κ1) is 16.2. The van der Waals surface area contributed by atoms with Crippen LogP contribution >= 0.6 is 0 Å². The van der Waals surface area contributed by atoms with E-state index in [4.69, 9.17) is 4.74 Å². The minimum absolute atomic E-state index is 0.0761. The van der Waals surface area contributed by atoms with Crippen LogP contribution in [0.15, 0.2) is 12.7 Å². The highest BCUT2D eigenvalue weighted by molar-refractivity contribution is 5.87. The molecule has 3 nitrogen and oxygen atoms in total. The van der Waals surface area contributed by atoms with Crippen molar-refractivity contribution >= 4 is 5.91 Å². The molecule has 0 saturated heterocycles. The molecule has 0 radical (unpaired) electrons. The van der Waals surface area contributed by atoms with Crippen LogP contribution in [0.5, 0.6) is 0 Å². The lowest BCUT2D eigenvalue weighted by atomic mass is 10.00. The fourth-order valence-electron chi connectivity index (χ4n) is 1.70. The van der Waals surface area contributed by atoms with Crippen molar-refractivity contribution in [2.45, 2.75) is 65.0 Å². The van der Waals surface area contributed by atoms with Crippen LogP contribution in [-0.2, 0) is 9.53 Å². The first-order valence-corrected chi connectivity index (χ1v) is 6.31. The summed E-state index contributed by atoms with van der Waals surface area (Å²) in [6.45, 7) is 14.4. The molecule has 0 spiro atoms. The molecular weight excluding hydrogens is 214 g/mol. The standard InChI is InChI=1S/C14H27NO2/c1-7-9-14(5,6)17-11-10-13(3,4)15-12(16)8-2/h8H,2,7,9-11H2,1,3-6H3,(H,15,16). The largest absolute Gasteiger partial charge is 0.375 e. The summed E-state index contributed by atoms with van der Waals surface area (Å²) in [5.41, 5.74) is -0.332. The lowest BCUT2D eigenvalue weighted by Gasteiger charge is -2.29. The number of nitrogens with one attached hydrogen (secondary N) is 1. The van der Waals surface area contributed by atoms with E-state index in [1.54, 1.807) is 0 Å². The number of amides is 1. The van der Waals surface area contributed by atoms with Crippen molar-refractivity contribution in [3.8, 4) is 0 Å². The summed E-state index contributed by atoms with van der Waals surface area (Å²) < 4.78 is 5.84. The zero-order valence-corrected chi connectivity index (χ0v) is 11.9. The van der Waals surface area contributed by atoms with Gasteiger partial charge >= 0.3 is 0 Å². The molecule has 100 valence electrons. The van der Waals surface area contributed by atoms with E-state index in [-0.39, 0.29) is 17.0 Å². The molecule has 0 aliphatic rings. The van der Waals surface area contributed by atoms with Crippen molar-refractivity contribution < 1.29 is 9.53 Å². The first-order valence-electron chi connectivity index (χ1n) is 6.31. The molecule has 0 rings (SSSR count). The van der Waals surface area contributed by atoms with Gasteiger partial charge in [0.1, 0.15) is 0 Å². The normalized spacial score (nSPS) is 12.3. The van der Waals surface area contributed by atoms with Crippen molar-refractivity contribution in [2.24, 2.45) is 0 Å². The second-order valence-corrected chi connectivity index (χ2v) is 5.69. The summed E-state index contributed by atoms with van der Waals surface area (Å²) in [7, 11) is 0. The van der Waals surface area contributed by atoms with E-state index in [2.05, 4.69) is 32.7 Å². The second-order valence-electron chi connectivity index (χ2n) is 5.69. The topological polar surface area (TPSA) is 38.3 Å². The maximum Gasteiger partial charge on any atom is 0.243 e. The van der Waals surface area contributed by atoms with Gasteiger partial charge in [0.05, 0.1) is 5.60 Å². The number of ether oxygens (including phenoxy) is 1. The van der Waals surface area contributed by atoms with Crippen molar-refractivity contribution in [1.29, 1.82) is 0 Å². The molecule has 0 aromatic heterocycles. The maximum atomic E-state index is 11.2. The Balaban J connectivity index is 4.02. The summed E-state index contributed by atoms with van der Waals surface area (Å²) in [5, 5.41) is 2.89. The summed E-state index contributed by atoms with van der Waals surface area (Å²) in [5.74, 6) is -0.136. The molecule has 0 heterocycles. The summed E-state index contributed by atoms with van der Waals surface area (Å²) in [6.07, 6.45) is 4.25. The van der Waals surface area contributed by atoms with Gasteiger partial charge in [-0.1, -0.05) is 19.9 Å². The predicted octanol–water partition coefficient (Wildman–Crippen LogP) is 3.05. The Hall–Kier alpha value is -0.830. The highest BCUT2D eigenvalue weighted by Gasteiger charge is 2.22. The number of hydrogen-bond acceptors (Lipinski definition) is 2. The lowest BCUT2D eigenvalue weighted by Crippen LogP contribution is -2.44. The van der Waals surface area contributed by atoms with Gasteiger partial charge in [0.15, 0.2) is 0 Å². The molecular formula is C14H27NO2. The van der Waals surface area contributed by atoms with Crippen LogP contribution in [0.4, 0.5) is 0 Å².